The Balaban J connectivity index is 1.89. The van der Waals surface area contributed by atoms with Crippen LogP contribution in [-0.4, -0.2) is 6.61 Å². The first kappa shape index (κ1) is 14.3. The van der Waals surface area contributed by atoms with Crippen molar-refractivity contribution in [2.45, 2.75) is 58.8 Å². The summed E-state index contributed by atoms with van der Waals surface area (Å²) in [7, 11) is 0. The van der Waals surface area contributed by atoms with E-state index < -0.39 is 0 Å². The third kappa shape index (κ3) is 2.57. The van der Waals surface area contributed by atoms with Crippen molar-refractivity contribution in [2.24, 2.45) is 11.3 Å². The lowest BCUT2D eigenvalue weighted by molar-refractivity contribution is 0.272. The Hall–Kier alpha value is -0.690. The molecule has 2 aliphatic rings. The predicted octanol–water partition coefficient (Wildman–Crippen LogP) is 5.59. The smallest absolute Gasteiger partial charge is 0.141 e. The molecule has 0 radical (unpaired) electrons. The summed E-state index contributed by atoms with van der Waals surface area (Å²) in [6.07, 6.45) is 6.19. The zero-order valence-electron chi connectivity index (χ0n) is 12.8. The predicted molar refractivity (Wildman–Crippen MR) is 84.8 cm³/mol. The Labute approximate surface area is 127 Å². The average molecular weight is 293 g/mol. The third-order valence-electron chi connectivity index (χ3n) is 5.32. The molecule has 0 aromatic heterocycles. The lowest BCUT2D eigenvalue weighted by atomic mass is 9.74. The maximum absolute atomic E-state index is 6.38. The van der Waals surface area contributed by atoms with Gasteiger partial charge in [-0.05, 0) is 60.1 Å². The minimum Gasteiger partial charge on any atom is -0.491 e. The van der Waals surface area contributed by atoms with E-state index in [4.69, 9.17) is 16.3 Å². The van der Waals surface area contributed by atoms with Gasteiger partial charge in [-0.1, -0.05) is 44.9 Å². The van der Waals surface area contributed by atoms with Gasteiger partial charge in [-0.15, -0.1) is 0 Å². The Kier molecular flexibility index (Phi) is 3.75. The molecule has 0 spiro atoms. The van der Waals surface area contributed by atoms with Gasteiger partial charge in [0.25, 0.3) is 0 Å². The van der Waals surface area contributed by atoms with Gasteiger partial charge in [0.1, 0.15) is 5.75 Å². The van der Waals surface area contributed by atoms with Crippen molar-refractivity contribution in [3.05, 3.63) is 28.3 Å². The Morgan fingerprint density at radius 3 is 2.65 bits per heavy atom. The summed E-state index contributed by atoms with van der Waals surface area (Å²) in [5, 5.41) is 0.791. The molecular formula is C18H25ClO. The van der Waals surface area contributed by atoms with Gasteiger partial charge < -0.3 is 4.74 Å². The summed E-state index contributed by atoms with van der Waals surface area (Å²) in [5.41, 5.74) is 3.21. The van der Waals surface area contributed by atoms with Crippen LogP contribution in [0.2, 0.25) is 5.02 Å². The largest absolute Gasteiger partial charge is 0.491 e. The van der Waals surface area contributed by atoms with Gasteiger partial charge >= 0.3 is 0 Å². The van der Waals surface area contributed by atoms with E-state index in [-0.39, 0.29) is 0 Å². The topological polar surface area (TPSA) is 9.23 Å². The van der Waals surface area contributed by atoms with Crippen molar-refractivity contribution >= 4 is 11.6 Å². The van der Waals surface area contributed by atoms with Gasteiger partial charge in [0.05, 0.1) is 11.6 Å². The molecule has 1 nitrogen and oxygen atoms in total. The van der Waals surface area contributed by atoms with Gasteiger partial charge in [-0.2, -0.15) is 0 Å². The van der Waals surface area contributed by atoms with Crippen molar-refractivity contribution in [3.63, 3.8) is 0 Å². The highest BCUT2D eigenvalue weighted by Gasteiger charge is 2.36. The molecule has 0 N–H and O–H groups in total. The van der Waals surface area contributed by atoms with Crippen molar-refractivity contribution in [3.8, 4) is 5.75 Å². The van der Waals surface area contributed by atoms with Crippen LogP contribution < -0.4 is 4.74 Å². The third-order valence-corrected chi connectivity index (χ3v) is 5.62. The van der Waals surface area contributed by atoms with Crippen LogP contribution in [0.4, 0.5) is 0 Å². The number of hydrogen-bond acceptors (Lipinski definition) is 1. The second-order valence-electron chi connectivity index (χ2n) is 7.13. The zero-order chi connectivity index (χ0) is 14.3. The second-order valence-corrected chi connectivity index (χ2v) is 7.54. The Bertz CT molecular complexity index is 502. The number of halogens is 1. The normalized spacial score (nSPS) is 21.9. The maximum atomic E-state index is 6.38. The monoisotopic (exact) mass is 292 g/mol. The first-order valence-corrected chi connectivity index (χ1v) is 8.34. The molecule has 1 aromatic rings. The van der Waals surface area contributed by atoms with Crippen LogP contribution in [0.3, 0.4) is 0 Å². The van der Waals surface area contributed by atoms with E-state index in [0.717, 1.165) is 29.7 Å². The van der Waals surface area contributed by atoms with Crippen LogP contribution in [0.15, 0.2) is 12.1 Å². The molecule has 110 valence electrons. The highest BCUT2D eigenvalue weighted by atomic mass is 35.5. The molecular weight excluding hydrogens is 268 g/mol. The quantitative estimate of drug-likeness (QED) is 0.687. The van der Waals surface area contributed by atoms with Gasteiger partial charge in [0.2, 0.25) is 0 Å². The second kappa shape index (κ2) is 5.26. The molecule has 1 fully saturated rings. The molecule has 0 heterocycles. The molecule has 1 aromatic carbocycles. The highest BCUT2D eigenvalue weighted by Crippen LogP contribution is 2.50. The zero-order valence-corrected chi connectivity index (χ0v) is 13.6. The van der Waals surface area contributed by atoms with Crippen LogP contribution in [0, 0.1) is 11.3 Å². The molecule has 0 aliphatic heterocycles. The SMILES string of the molecule is CCC(C)(C)[C@H]1CCc2c1ccc(Cl)c2OCC1CC1. The van der Waals surface area contributed by atoms with Crippen molar-refractivity contribution in [2.75, 3.05) is 6.61 Å². The summed E-state index contributed by atoms with van der Waals surface area (Å²) in [6, 6.07) is 4.27. The fourth-order valence-corrected chi connectivity index (χ4v) is 3.57. The van der Waals surface area contributed by atoms with Crippen molar-refractivity contribution < 1.29 is 4.74 Å². The summed E-state index contributed by atoms with van der Waals surface area (Å²) in [4.78, 5) is 0. The molecule has 0 unspecified atom stereocenters. The van der Waals surface area contributed by atoms with Gasteiger partial charge in [0, 0.05) is 0 Å². The van der Waals surface area contributed by atoms with Gasteiger partial charge in [-0.25, -0.2) is 0 Å². The standard InChI is InChI=1S/C18H25ClO/c1-4-18(2,3)15-9-7-14-13(15)8-10-16(19)17(14)20-11-12-5-6-12/h8,10,12,15H,4-7,9,11H2,1-3H3/t15-/m0/s1. The number of fused-ring (bicyclic) bond motifs is 1. The number of rotatable bonds is 5. The van der Waals surface area contributed by atoms with Crippen LogP contribution >= 0.6 is 11.6 Å². The van der Waals surface area contributed by atoms with Crippen LogP contribution in [-0.2, 0) is 6.42 Å². The minimum atomic E-state index is 0.354. The fraction of sp³-hybridized carbons (Fsp3) is 0.667. The van der Waals surface area contributed by atoms with E-state index >= 15 is 0 Å². The van der Waals surface area contributed by atoms with Crippen LogP contribution in [0.5, 0.6) is 5.75 Å². The van der Waals surface area contributed by atoms with Crippen molar-refractivity contribution in [1.82, 2.24) is 0 Å². The van der Waals surface area contributed by atoms with E-state index in [2.05, 4.69) is 26.8 Å². The van der Waals surface area contributed by atoms with E-state index in [1.54, 1.807) is 0 Å². The Morgan fingerprint density at radius 1 is 1.25 bits per heavy atom. The molecule has 0 bridgehead atoms. The number of benzene rings is 1. The van der Waals surface area contributed by atoms with E-state index in [1.807, 2.05) is 6.07 Å². The molecule has 1 atom stereocenters. The molecule has 0 amide bonds. The number of ether oxygens (including phenoxy) is 1. The highest BCUT2D eigenvalue weighted by molar-refractivity contribution is 6.32. The first-order chi connectivity index (χ1) is 9.53. The van der Waals surface area contributed by atoms with Gasteiger partial charge in [-0.3, -0.25) is 0 Å². The fourth-order valence-electron chi connectivity index (χ4n) is 3.34. The molecule has 2 heteroatoms. The average Bonchev–Trinajstić information content (AvgIpc) is 3.14. The van der Waals surface area contributed by atoms with Gasteiger partial charge in [0.15, 0.2) is 0 Å². The molecule has 0 saturated heterocycles. The van der Waals surface area contributed by atoms with E-state index in [9.17, 15) is 0 Å². The number of hydrogen-bond donors (Lipinski definition) is 0. The van der Waals surface area contributed by atoms with Crippen LogP contribution in [0.1, 0.15) is 63.5 Å². The van der Waals surface area contributed by atoms with E-state index in [0.29, 0.717) is 11.3 Å². The van der Waals surface area contributed by atoms with E-state index in [1.165, 1.54) is 36.8 Å². The molecule has 3 rings (SSSR count). The molecule has 20 heavy (non-hydrogen) atoms. The Morgan fingerprint density at radius 2 is 2.00 bits per heavy atom. The summed E-state index contributed by atoms with van der Waals surface area (Å²) in [5.74, 6) is 2.39. The lowest BCUT2D eigenvalue weighted by Crippen LogP contribution is -2.19. The first-order valence-electron chi connectivity index (χ1n) is 7.97. The minimum absolute atomic E-state index is 0.354. The summed E-state index contributed by atoms with van der Waals surface area (Å²) < 4.78 is 6.07. The van der Waals surface area contributed by atoms with Crippen LogP contribution in [0.25, 0.3) is 0 Å². The maximum Gasteiger partial charge on any atom is 0.141 e. The summed E-state index contributed by atoms with van der Waals surface area (Å²) >= 11 is 6.38. The molecule has 1 saturated carbocycles. The molecule has 2 aliphatic carbocycles. The lowest BCUT2D eigenvalue weighted by Gasteiger charge is -2.31. The van der Waals surface area contributed by atoms with Crippen molar-refractivity contribution in [1.29, 1.82) is 0 Å². The summed E-state index contributed by atoms with van der Waals surface area (Å²) in [6.45, 7) is 7.90.